The van der Waals surface area contributed by atoms with Gasteiger partial charge in [-0.05, 0) is 66.4 Å². The molecule has 0 aromatic heterocycles. The number of benzene rings is 4. The normalized spacial score (nSPS) is 20.0. The molecule has 1 fully saturated rings. The first kappa shape index (κ1) is 37.7. The predicted octanol–water partition coefficient (Wildman–Crippen LogP) is 6.05. The lowest BCUT2D eigenvalue weighted by Crippen LogP contribution is -2.46. The van der Waals surface area contributed by atoms with Crippen LogP contribution in [0.5, 0.6) is 0 Å². The summed E-state index contributed by atoms with van der Waals surface area (Å²) in [5.74, 6) is -0.512. The van der Waals surface area contributed by atoms with Gasteiger partial charge in [0, 0.05) is 30.6 Å². The van der Waals surface area contributed by atoms with Crippen LogP contribution >= 0.6 is 0 Å². The molecule has 4 aromatic rings. The third-order valence-electron chi connectivity index (χ3n) is 9.46. The molecular formula is C41H49N3O7. The maximum absolute atomic E-state index is 12.2. The number of esters is 1. The quantitative estimate of drug-likeness (QED) is 0.117. The number of aliphatic hydroxyl groups excluding tert-OH is 2. The van der Waals surface area contributed by atoms with Gasteiger partial charge in [0.15, 0.2) is 6.29 Å². The van der Waals surface area contributed by atoms with Crippen LogP contribution in [0.3, 0.4) is 0 Å². The highest BCUT2D eigenvalue weighted by Gasteiger charge is 2.39. The summed E-state index contributed by atoms with van der Waals surface area (Å²) in [4.78, 5) is 25.9. The molecule has 1 heterocycles. The zero-order chi connectivity index (χ0) is 36.3. The van der Waals surface area contributed by atoms with Crippen molar-refractivity contribution in [2.75, 3.05) is 26.7 Å². The number of carbonyl (C=O) groups is 2. The van der Waals surface area contributed by atoms with E-state index in [2.05, 4.69) is 28.5 Å². The summed E-state index contributed by atoms with van der Waals surface area (Å²) in [7, 11) is 2.01. The Balaban J connectivity index is 1.34. The van der Waals surface area contributed by atoms with Gasteiger partial charge in [0.2, 0.25) is 0 Å². The van der Waals surface area contributed by atoms with Crippen LogP contribution in [0.2, 0.25) is 0 Å². The summed E-state index contributed by atoms with van der Waals surface area (Å²) in [5.41, 5.74) is 6.38. The number of amides is 2. The molecule has 0 bridgehead atoms. The van der Waals surface area contributed by atoms with Gasteiger partial charge in [0.25, 0.3) is 0 Å². The second-order valence-corrected chi connectivity index (χ2v) is 13.0. The van der Waals surface area contributed by atoms with Crippen molar-refractivity contribution in [3.05, 3.63) is 131 Å². The van der Waals surface area contributed by atoms with E-state index in [1.165, 1.54) is 0 Å². The third kappa shape index (κ3) is 10.0. The molecule has 4 aromatic carbocycles. The molecule has 5 rings (SSSR count). The molecule has 0 unspecified atom stereocenters. The van der Waals surface area contributed by atoms with Gasteiger partial charge in [-0.3, -0.25) is 9.69 Å². The van der Waals surface area contributed by atoms with Crippen LogP contribution in [-0.2, 0) is 32.2 Å². The summed E-state index contributed by atoms with van der Waals surface area (Å²) in [6.45, 7) is 6.73. The second kappa shape index (κ2) is 18.1. The van der Waals surface area contributed by atoms with Gasteiger partial charge in [-0.25, -0.2) is 4.79 Å². The number of carbonyl (C=O) groups excluding carboxylic acids is 2. The Morgan fingerprint density at radius 2 is 1.57 bits per heavy atom. The largest absolute Gasteiger partial charge is 0.465 e. The number of nitrogens with one attached hydrogen (secondary N) is 2. The Hall–Kier alpha value is -4.58. The minimum atomic E-state index is -0.663. The van der Waals surface area contributed by atoms with Crippen LogP contribution in [0, 0.1) is 5.92 Å². The Labute approximate surface area is 300 Å². The zero-order valence-electron chi connectivity index (χ0n) is 29.7. The van der Waals surface area contributed by atoms with E-state index < -0.39 is 24.4 Å². The Kier molecular flexibility index (Phi) is 13.3. The molecule has 0 saturated carbocycles. The molecule has 270 valence electrons. The molecule has 10 heteroatoms. The fourth-order valence-electron chi connectivity index (χ4n) is 6.28. The summed E-state index contributed by atoms with van der Waals surface area (Å²) >= 11 is 0. The van der Waals surface area contributed by atoms with Crippen LogP contribution in [0.15, 0.2) is 103 Å². The smallest absolute Gasteiger partial charge is 0.325 e. The van der Waals surface area contributed by atoms with Crippen LogP contribution in [0.25, 0.3) is 11.1 Å². The van der Waals surface area contributed by atoms with Gasteiger partial charge in [-0.1, -0.05) is 97.9 Å². The van der Waals surface area contributed by atoms with E-state index in [1.54, 1.807) is 6.92 Å². The van der Waals surface area contributed by atoms with E-state index in [1.807, 2.05) is 111 Å². The molecule has 0 spiro atoms. The van der Waals surface area contributed by atoms with Crippen molar-refractivity contribution in [3.8, 4) is 11.1 Å². The van der Waals surface area contributed by atoms with Gasteiger partial charge in [0.1, 0.15) is 6.54 Å². The number of hydrogen-bond acceptors (Lipinski definition) is 8. The molecular weight excluding hydrogens is 646 g/mol. The molecule has 0 aliphatic carbocycles. The van der Waals surface area contributed by atoms with Crippen LogP contribution in [0.1, 0.15) is 67.1 Å². The number of hydrogen-bond donors (Lipinski definition) is 4. The average Bonchev–Trinajstić information content (AvgIpc) is 3.17. The maximum Gasteiger partial charge on any atom is 0.325 e. The van der Waals surface area contributed by atoms with E-state index in [-0.39, 0.29) is 50.5 Å². The van der Waals surface area contributed by atoms with E-state index in [0.29, 0.717) is 6.54 Å². The fourth-order valence-corrected chi connectivity index (χ4v) is 6.28. The third-order valence-corrected chi connectivity index (χ3v) is 9.46. The first-order valence-corrected chi connectivity index (χ1v) is 17.5. The number of rotatable bonds is 14. The van der Waals surface area contributed by atoms with Gasteiger partial charge in [-0.15, -0.1) is 0 Å². The van der Waals surface area contributed by atoms with Gasteiger partial charge < -0.3 is 35.1 Å². The van der Waals surface area contributed by atoms with Crippen molar-refractivity contribution in [2.24, 2.45) is 5.92 Å². The monoisotopic (exact) mass is 695 g/mol. The lowest BCUT2D eigenvalue weighted by molar-refractivity contribution is -0.276. The molecule has 10 nitrogen and oxygen atoms in total. The lowest BCUT2D eigenvalue weighted by Gasteiger charge is -2.43. The summed E-state index contributed by atoms with van der Waals surface area (Å²) in [6, 6.07) is 32.9. The second-order valence-electron chi connectivity index (χ2n) is 13.0. The van der Waals surface area contributed by atoms with Gasteiger partial charge in [0.05, 0.1) is 31.5 Å². The molecule has 1 saturated heterocycles. The van der Waals surface area contributed by atoms with Crippen LogP contribution < -0.4 is 10.6 Å². The maximum atomic E-state index is 12.2. The SMILES string of the molecule is CCOC(=O)CNC(=O)NCc1cccc(-c2cccc([C@H]3O[C@@H](CN(C)[C@@H](C)[C@H](O)c4ccccc4)[C@@H](C)[C@@H](c4ccc(CO)cc4)O3)c2)c1. The molecule has 4 N–H and O–H groups in total. The van der Waals surface area contributed by atoms with Gasteiger partial charge >= 0.3 is 12.0 Å². The Bertz CT molecular complexity index is 1720. The van der Waals surface area contributed by atoms with Crippen molar-refractivity contribution in [1.29, 1.82) is 0 Å². The molecule has 0 radical (unpaired) electrons. The first-order valence-electron chi connectivity index (χ1n) is 17.5. The standard InChI is InChI=1S/C41H49N3O7/c1-5-49-37(46)24-43-41(48)42-23-30-11-9-14-33(21-30)34-15-10-16-35(22-34)40-50-36(25-44(4)28(3)38(47)31-12-7-6-8-13-31)27(2)39(51-40)32-19-17-29(26-45)18-20-32/h6-22,27-28,36,38-40,45,47H,5,23-26H2,1-4H3,(H2,42,43,48)/t27-,28+,36+,38+,39+,40+/m1/s1. The highest BCUT2D eigenvalue weighted by atomic mass is 16.7. The number of ether oxygens (including phenoxy) is 3. The molecule has 6 atom stereocenters. The lowest BCUT2D eigenvalue weighted by atomic mass is 9.89. The van der Waals surface area contributed by atoms with E-state index in [9.17, 15) is 19.8 Å². The number of likely N-dealkylation sites (N-methyl/N-ethyl adjacent to an activating group) is 1. The molecule has 2 amide bonds. The summed E-state index contributed by atoms with van der Waals surface area (Å²) < 4.78 is 18.3. The number of nitrogens with zero attached hydrogens (tertiary/aromatic N) is 1. The Morgan fingerprint density at radius 1 is 0.863 bits per heavy atom. The summed E-state index contributed by atoms with van der Waals surface area (Å²) in [6.07, 6.45) is -1.83. The fraction of sp³-hybridized carbons (Fsp3) is 0.366. The van der Waals surface area contributed by atoms with Crippen molar-refractivity contribution < 1.29 is 34.0 Å². The summed E-state index contributed by atoms with van der Waals surface area (Å²) in [5, 5.41) is 26.1. The minimum Gasteiger partial charge on any atom is -0.465 e. The molecule has 51 heavy (non-hydrogen) atoms. The average molecular weight is 696 g/mol. The first-order chi connectivity index (χ1) is 24.7. The van der Waals surface area contributed by atoms with E-state index >= 15 is 0 Å². The van der Waals surface area contributed by atoms with Crippen molar-refractivity contribution in [3.63, 3.8) is 0 Å². The van der Waals surface area contributed by atoms with Crippen molar-refractivity contribution in [2.45, 2.75) is 64.6 Å². The van der Waals surface area contributed by atoms with Crippen LogP contribution in [0.4, 0.5) is 4.79 Å². The molecule has 1 aliphatic heterocycles. The zero-order valence-corrected chi connectivity index (χ0v) is 29.7. The van der Waals surface area contributed by atoms with E-state index in [0.717, 1.165) is 38.9 Å². The highest BCUT2D eigenvalue weighted by Crippen LogP contribution is 2.42. The highest BCUT2D eigenvalue weighted by molar-refractivity contribution is 5.80. The number of aliphatic hydroxyl groups is 2. The number of urea groups is 1. The van der Waals surface area contributed by atoms with Gasteiger partial charge in [-0.2, -0.15) is 0 Å². The van der Waals surface area contributed by atoms with Crippen LogP contribution in [-0.4, -0.2) is 66.0 Å². The predicted molar refractivity (Wildman–Crippen MR) is 195 cm³/mol. The minimum absolute atomic E-state index is 0.0217. The molecule has 1 aliphatic rings. The van der Waals surface area contributed by atoms with Crippen molar-refractivity contribution >= 4 is 12.0 Å². The topological polar surface area (TPSA) is 130 Å². The van der Waals surface area contributed by atoms with Crippen molar-refractivity contribution in [1.82, 2.24) is 15.5 Å². The van der Waals surface area contributed by atoms with E-state index in [4.69, 9.17) is 14.2 Å². The Morgan fingerprint density at radius 3 is 2.27 bits per heavy atom.